The van der Waals surface area contributed by atoms with Gasteiger partial charge in [0.05, 0.1) is 11.0 Å². The van der Waals surface area contributed by atoms with Gasteiger partial charge in [-0.3, -0.25) is 0 Å². The lowest BCUT2D eigenvalue weighted by Crippen LogP contribution is -1.85. The zero-order valence-electron chi connectivity index (χ0n) is 11.9. The Balaban J connectivity index is 1.69. The second kappa shape index (κ2) is 5.37. The lowest BCUT2D eigenvalue weighted by Gasteiger charge is -2.06. The molecule has 0 atom stereocenters. The molecule has 106 valence electrons. The number of nitrogens with zero attached hydrogens (tertiary/aromatic N) is 1. The van der Waals surface area contributed by atoms with Crippen LogP contribution in [0.25, 0.3) is 22.4 Å². The third-order valence-corrected chi connectivity index (χ3v) is 3.48. The van der Waals surface area contributed by atoms with Gasteiger partial charge in [0.2, 0.25) is 0 Å². The molecule has 0 unspecified atom stereocenters. The van der Waals surface area contributed by atoms with Gasteiger partial charge < -0.3 is 9.72 Å². The zero-order chi connectivity index (χ0) is 14.8. The van der Waals surface area contributed by atoms with Gasteiger partial charge >= 0.3 is 0 Å². The van der Waals surface area contributed by atoms with Crippen molar-refractivity contribution in [1.29, 1.82) is 0 Å². The van der Waals surface area contributed by atoms with Gasteiger partial charge in [0, 0.05) is 5.56 Å². The molecule has 0 amide bonds. The van der Waals surface area contributed by atoms with Crippen molar-refractivity contribution in [1.82, 2.24) is 9.97 Å². The van der Waals surface area contributed by atoms with E-state index in [2.05, 4.69) is 9.97 Å². The smallest absolute Gasteiger partial charge is 0.138 e. The minimum atomic E-state index is 0.796. The van der Waals surface area contributed by atoms with Crippen LogP contribution in [0.3, 0.4) is 0 Å². The number of para-hydroxylation sites is 3. The lowest BCUT2D eigenvalue weighted by atomic mass is 10.2. The van der Waals surface area contributed by atoms with E-state index in [9.17, 15) is 0 Å². The molecule has 0 fully saturated rings. The fraction of sp³-hybridized carbons (Fsp3) is 0. The topological polar surface area (TPSA) is 37.9 Å². The standard InChI is InChI=1S/C19H14N2O/c1-2-8-15(9-3-1)22-16-10-6-7-14(13-16)19-20-17-11-4-5-12-18(17)21-19/h1-13H,(H,20,21). The Morgan fingerprint density at radius 1 is 0.727 bits per heavy atom. The summed E-state index contributed by atoms with van der Waals surface area (Å²) in [6.45, 7) is 0. The molecule has 0 saturated heterocycles. The summed E-state index contributed by atoms with van der Waals surface area (Å²) in [5, 5.41) is 0. The third kappa shape index (κ3) is 2.44. The van der Waals surface area contributed by atoms with Crippen molar-refractivity contribution >= 4 is 11.0 Å². The molecule has 3 aromatic carbocycles. The van der Waals surface area contributed by atoms with Crippen LogP contribution in [0, 0.1) is 0 Å². The first-order valence-electron chi connectivity index (χ1n) is 7.16. The molecular weight excluding hydrogens is 272 g/mol. The van der Waals surface area contributed by atoms with Crippen LogP contribution in [0.5, 0.6) is 11.5 Å². The van der Waals surface area contributed by atoms with E-state index < -0.39 is 0 Å². The maximum absolute atomic E-state index is 5.87. The Labute approximate surface area is 128 Å². The van der Waals surface area contributed by atoms with E-state index in [1.165, 1.54) is 0 Å². The Bertz CT molecular complexity index is 880. The first-order valence-corrected chi connectivity index (χ1v) is 7.16. The summed E-state index contributed by atoms with van der Waals surface area (Å²) in [5.74, 6) is 2.47. The number of hydrogen-bond acceptors (Lipinski definition) is 2. The molecule has 0 saturated carbocycles. The van der Waals surface area contributed by atoms with Gasteiger partial charge in [-0.1, -0.05) is 42.5 Å². The van der Waals surface area contributed by atoms with E-state index in [0.717, 1.165) is 33.9 Å². The quantitative estimate of drug-likeness (QED) is 0.574. The minimum absolute atomic E-state index is 0.796. The van der Waals surface area contributed by atoms with Gasteiger partial charge in [0.15, 0.2) is 0 Å². The fourth-order valence-electron chi connectivity index (χ4n) is 2.42. The predicted octanol–water partition coefficient (Wildman–Crippen LogP) is 5.02. The van der Waals surface area contributed by atoms with E-state index >= 15 is 0 Å². The van der Waals surface area contributed by atoms with Crippen LogP contribution in [-0.2, 0) is 0 Å². The summed E-state index contributed by atoms with van der Waals surface area (Å²) >= 11 is 0. The average molecular weight is 286 g/mol. The fourth-order valence-corrected chi connectivity index (χ4v) is 2.42. The second-order valence-corrected chi connectivity index (χ2v) is 5.05. The molecular formula is C19H14N2O. The zero-order valence-corrected chi connectivity index (χ0v) is 11.9. The number of benzene rings is 3. The molecule has 3 heteroatoms. The molecule has 0 radical (unpaired) electrons. The molecule has 0 spiro atoms. The van der Waals surface area contributed by atoms with E-state index in [-0.39, 0.29) is 0 Å². The molecule has 1 N–H and O–H groups in total. The van der Waals surface area contributed by atoms with Gasteiger partial charge in [-0.2, -0.15) is 0 Å². The van der Waals surface area contributed by atoms with E-state index in [4.69, 9.17) is 4.74 Å². The highest BCUT2D eigenvalue weighted by Gasteiger charge is 2.06. The highest BCUT2D eigenvalue weighted by atomic mass is 16.5. The number of H-pyrrole nitrogens is 1. The Morgan fingerprint density at radius 3 is 2.36 bits per heavy atom. The Hall–Kier alpha value is -3.07. The molecule has 4 rings (SSSR count). The Kier molecular flexibility index (Phi) is 3.09. The summed E-state index contributed by atoms with van der Waals surface area (Å²) in [7, 11) is 0. The molecule has 0 aliphatic rings. The number of fused-ring (bicyclic) bond motifs is 1. The second-order valence-electron chi connectivity index (χ2n) is 5.05. The number of imidazole rings is 1. The van der Waals surface area contributed by atoms with E-state index in [0.29, 0.717) is 0 Å². The van der Waals surface area contributed by atoms with Crippen LogP contribution < -0.4 is 4.74 Å². The third-order valence-electron chi connectivity index (χ3n) is 3.48. The number of hydrogen-bond donors (Lipinski definition) is 1. The normalized spacial score (nSPS) is 10.7. The molecule has 1 heterocycles. The molecule has 4 aromatic rings. The van der Waals surface area contributed by atoms with Crippen molar-refractivity contribution in [2.24, 2.45) is 0 Å². The van der Waals surface area contributed by atoms with Crippen LogP contribution in [0.1, 0.15) is 0 Å². The first kappa shape index (κ1) is 12.7. The summed E-state index contributed by atoms with van der Waals surface area (Å²) in [4.78, 5) is 7.96. The average Bonchev–Trinajstić information content (AvgIpc) is 3.00. The predicted molar refractivity (Wildman–Crippen MR) is 88.0 cm³/mol. The number of rotatable bonds is 3. The van der Waals surface area contributed by atoms with Gasteiger partial charge in [0.1, 0.15) is 17.3 Å². The monoisotopic (exact) mass is 286 g/mol. The van der Waals surface area contributed by atoms with Gasteiger partial charge in [-0.05, 0) is 36.4 Å². The van der Waals surface area contributed by atoms with Crippen molar-refractivity contribution in [3.05, 3.63) is 78.9 Å². The molecule has 0 bridgehead atoms. The number of nitrogens with one attached hydrogen (secondary N) is 1. The van der Waals surface area contributed by atoms with E-state index in [1.54, 1.807) is 0 Å². The molecule has 0 aliphatic heterocycles. The van der Waals surface area contributed by atoms with Crippen molar-refractivity contribution in [3.8, 4) is 22.9 Å². The number of ether oxygens (including phenoxy) is 1. The SMILES string of the molecule is c1ccc(Oc2cccc(-c3nc4ccccc4[nH]3)c2)cc1. The van der Waals surface area contributed by atoms with Crippen molar-refractivity contribution in [2.45, 2.75) is 0 Å². The van der Waals surface area contributed by atoms with Gasteiger partial charge in [-0.15, -0.1) is 0 Å². The van der Waals surface area contributed by atoms with Crippen LogP contribution in [-0.4, -0.2) is 9.97 Å². The number of aromatic amines is 1. The van der Waals surface area contributed by atoms with Crippen molar-refractivity contribution < 1.29 is 4.74 Å². The summed E-state index contributed by atoms with van der Waals surface area (Å²) < 4.78 is 5.87. The van der Waals surface area contributed by atoms with Crippen molar-refractivity contribution in [2.75, 3.05) is 0 Å². The first-order chi connectivity index (χ1) is 10.9. The summed E-state index contributed by atoms with van der Waals surface area (Å²) in [5.41, 5.74) is 3.00. The summed E-state index contributed by atoms with van der Waals surface area (Å²) in [6.07, 6.45) is 0. The molecule has 22 heavy (non-hydrogen) atoms. The van der Waals surface area contributed by atoms with E-state index in [1.807, 2.05) is 78.9 Å². The molecule has 3 nitrogen and oxygen atoms in total. The maximum Gasteiger partial charge on any atom is 0.138 e. The maximum atomic E-state index is 5.87. The Morgan fingerprint density at radius 2 is 1.50 bits per heavy atom. The van der Waals surface area contributed by atoms with Crippen molar-refractivity contribution in [3.63, 3.8) is 0 Å². The highest BCUT2D eigenvalue weighted by Crippen LogP contribution is 2.27. The molecule has 0 aliphatic carbocycles. The molecule has 1 aromatic heterocycles. The lowest BCUT2D eigenvalue weighted by molar-refractivity contribution is 0.483. The van der Waals surface area contributed by atoms with Crippen LogP contribution in [0.4, 0.5) is 0 Å². The van der Waals surface area contributed by atoms with Gasteiger partial charge in [-0.25, -0.2) is 4.98 Å². The van der Waals surface area contributed by atoms with Crippen LogP contribution in [0.15, 0.2) is 78.9 Å². The highest BCUT2D eigenvalue weighted by molar-refractivity contribution is 5.79. The van der Waals surface area contributed by atoms with Crippen LogP contribution in [0.2, 0.25) is 0 Å². The van der Waals surface area contributed by atoms with Gasteiger partial charge in [0.25, 0.3) is 0 Å². The summed E-state index contributed by atoms with van der Waals surface area (Å²) in [6, 6.07) is 25.7. The van der Waals surface area contributed by atoms with Crippen LogP contribution >= 0.6 is 0 Å². The number of aromatic nitrogens is 2. The minimum Gasteiger partial charge on any atom is -0.457 e. The largest absolute Gasteiger partial charge is 0.457 e.